The molecule has 1 spiro atoms. The van der Waals surface area contributed by atoms with Gasteiger partial charge in [0.25, 0.3) is 11.5 Å². The summed E-state index contributed by atoms with van der Waals surface area (Å²) in [5.74, 6) is -0.179. The van der Waals surface area contributed by atoms with Gasteiger partial charge in [0.05, 0.1) is 0 Å². The van der Waals surface area contributed by atoms with Gasteiger partial charge < -0.3 is 4.90 Å². The van der Waals surface area contributed by atoms with Crippen LogP contribution in [0.2, 0.25) is 0 Å². The van der Waals surface area contributed by atoms with Crippen molar-refractivity contribution >= 4 is 11.6 Å². The molecule has 0 bridgehead atoms. The maximum Gasteiger partial charge on any atom is 0.270 e. The van der Waals surface area contributed by atoms with Crippen LogP contribution in [0, 0.1) is 12.3 Å². The third kappa shape index (κ3) is 2.88. The normalized spacial score (nSPS) is 23.3. The summed E-state index contributed by atoms with van der Waals surface area (Å²) in [5, 5.41) is 0. The Morgan fingerprint density at radius 2 is 2.12 bits per heavy atom. The summed E-state index contributed by atoms with van der Waals surface area (Å²) in [4.78, 5) is 32.0. The van der Waals surface area contributed by atoms with Crippen LogP contribution in [0.3, 0.4) is 0 Å². The van der Waals surface area contributed by atoms with Gasteiger partial charge in [-0.05, 0) is 56.1 Å². The predicted octanol–water partition coefficient (Wildman–Crippen LogP) is 2.97. The number of pyridine rings is 1. The lowest BCUT2D eigenvalue weighted by atomic mass is 9.71. The molecule has 1 fully saturated rings. The van der Waals surface area contributed by atoms with Gasteiger partial charge in [-0.3, -0.25) is 14.0 Å². The first-order chi connectivity index (χ1) is 12.1. The summed E-state index contributed by atoms with van der Waals surface area (Å²) < 4.78 is 1.48. The molecule has 0 N–H and O–H groups in total. The van der Waals surface area contributed by atoms with E-state index in [1.165, 1.54) is 10.6 Å². The van der Waals surface area contributed by atoms with Crippen molar-refractivity contribution < 1.29 is 4.79 Å². The second-order valence-electron chi connectivity index (χ2n) is 7.46. The number of amides is 1. The van der Waals surface area contributed by atoms with Gasteiger partial charge >= 0.3 is 0 Å². The largest absolute Gasteiger partial charge is 0.338 e. The van der Waals surface area contributed by atoms with Gasteiger partial charge in [0.1, 0.15) is 11.2 Å². The minimum atomic E-state index is -0.276. The lowest BCUT2D eigenvalue weighted by Gasteiger charge is -2.43. The second kappa shape index (κ2) is 6.14. The topological polar surface area (TPSA) is 54.7 Å². The van der Waals surface area contributed by atoms with E-state index in [9.17, 15) is 9.59 Å². The Labute approximate surface area is 147 Å². The van der Waals surface area contributed by atoms with Crippen LogP contribution in [-0.4, -0.2) is 33.3 Å². The second-order valence-corrected chi connectivity index (χ2v) is 7.46. The van der Waals surface area contributed by atoms with E-state index in [-0.39, 0.29) is 22.4 Å². The van der Waals surface area contributed by atoms with Crippen LogP contribution >= 0.6 is 0 Å². The first-order valence-corrected chi connectivity index (χ1v) is 9.00. The van der Waals surface area contributed by atoms with Crippen LogP contribution in [0.5, 0.6) is 0 Å². The maximum absolute atomic E-state index is 13.0. The van der Waals surface area contributed by atoms with Crippen LogP contribution < -0.4 is 5.56 Å². The third-order valence-electron chi connectivity index (χ3n) is 5.59. The van der Waals surface area contributed by atoms with Crippen molar-refractivity contribution in [3.8, 4) is 0 Å². The predicted molar refractivity (Wildman–Crippen MR) is 96.8 cm³/mol. The molecular weight excluding hydrogens is 314 g/mol. The highest BCUT2D eigenvalue weighted by molar-refractivity contribution is 5.93. The average Bonchev–Trinajstić information content (AvgIpc) is 2.63. The van der Waals surface area contributed by atoms with Crippen LogP contribution in [-0.2, 0) is 0 Å². The van der Waals surface area contributed by atoms with Crippen LogP contribution in [0.4, 0.5) is 0 Å². The molecule has 1 unspecified atom stereocenters. The molecule has 0 radical (unpaired) electrons. The molecule has 2 aromatic heterocycles. The quantitative estimate of drug-likeness (QED) is 0.752. The van der Waals surface area contributed by atoms with E-state index < -0.39 is 0 Å². The highest BCUT2D eigenvalue weighted by Gasteiger charge is 2.37. The Balaban J connectivity index is 1.66. The number of hydrogen-bond donors (Lipinski definition) is 0. The van der Waals surface area contributed by atoms with Crippen molar-refractivity contribution in [3.05, 3.63) is 58.2 Å². The molecule has 1 aliphatic carbocycles. The van der Waals surface area contributed by atoms with Gasteiger partial charge in [-0.1, -0.05) is 18.2 Å². The van der Waals surface area contributed by atoms with E-state index in [0.29, 0.717) is 5.65 Å². The Morgan fingerprint density at radius 1 is 1.24 bits per heavy atom. The molecule has 3 heterocycles. The van der Waals surface area contributed by atoms with Gasteiger partial charge in [0, 0.05) is 25.5 Å². The summed E-state index contributed by atoms with van der Waals surface area (Å²) in [6.07, 6.45) is 13.1. The van der Waals surface area contributed by atoms with Gasteiger partial charge in [-0.15, -0.1) is 0 Å². The minimum Gasteiger partial charge on any atom is -0.338 e. The lowest BCUT2D eigenvalue weighted by Crippen LogP contribution is -2.47. The zero-order chi connectivity index (χ0) is 17.4. The van der Waals surface area contributed by atoms with E-state index in [1.807, 2.05) is 17.9 Å². The van der Waals surface area contributed by atoms with Crippen molar-refractivity contribution in [2.24, 2.45) is 5.41 Å². The van der Waals surface area contributed by atoms with E-state index in [0.717, 1.165) is 50.8 Å². The highest BCUT2D eigenvalue weighted by Crippen LogP contribution is 2.40. The van der Waals surface area contributed by atoms with E-state index in [4.69, 9.17) is 0 Å². The molecule has 1 aliphatic heterocycles. The number of fused-ring (bicyclic) bond motifs is 1. The molecule has 5 nitrogen and oxygen atoms in total. The number of carbonyl (C=O) groups is 1. The summed E-state index contributed by atoms with van der Waals surface area (Å²) in [5.41, 5.74) is 1.62. The van der Waals surface area contributed by atoms with Crippen molar-refractivity contribution in [1.29, 1.82) is 0 Å². The molecule has 130 valence electrons. The fraction of sp³-hybridized carbons (Fsp3) is 0.450. The zero-order valence-electron chi connectivity index (χ0n) is 14.6. The summed E-state index contributed by atoms with van der Waals surface area (Å²) >= 11 is 0. The SMILES string of the molecule is Cc1ccc2ncc(C(=O)N3CCCC4(CC=CCC4)C3)c(=O)n2c1. The van der Waals surface area contributed by atoms with E-state index in [1.54, 1.807) is 12.3 Å². The van der Waals surface area contributed by atoms with Gasteiger partial charge in [-0.25, -0.2) is 4.98 Å². The van der Waals surface area contributed by atoms with Gasteiger partial charge in [0.2, 0.25) is 0 Å². The monoisotopic (exact) mass is 337 g/mol. The number of aryl methyl sites for hydroxylation is 1. The summed E-state index contributed by atoms with van der Waals surface area (Å²) in [6.45, 7) is 3.39. The van der Waals surface area contributed by atoms with Crippen molar-refractivity contribution in [3.63, 3.8) is 0 Å². The van der Waals surface area contributed by atoms with Gasteiger partial charge in [0.15, 0.2) is 0 Å². The number of carbonyl (C=O) groups excluding carboxylic acids is 1. The summed E-state index contributed by atoms with van der Waals surface area (Å²) in [7, 11) is 0. The first-order valence-electron chi connectivity index (χ1n) is 9.00. The molecule has 1 atom stereocenters. The minimum absolute atomic E-state index is 0.173. The average molecular weight is 337 g/mol. The highest BCUT2D eigenvalue weighted by atomic mass is 16.2. The Morgan fingerprint density at radius 3 is 2.92 bits per heavy atom. The van der Waals surface area contributed by atoms with Crippen LogP contribution in [0.15, 0.2) is 41.5 Å². The molecule has 0 saturated carbocycles. The number of likely N-dealkylation sites (tertiary alicyclic amines) is 1. The molecule has 2 aliphatic rings. The molecule has 4 rings (SSSR count). The number of nitrogens with zero attached hydrogens (tertiary/aromatic N) is 3. The Kier molecular flexibility index (Phi) is 3.94. The molecule has 2 aromatic rings. The summed E-state index contributed by atoms with van der Waals surface area (Å²) in [6, 6.07) is 3.71. The Hall–Kier alpha value is -2.43. The molecule has 1 amide bonds. The van der Waals surface area contributed by atoms with Crippen molar-refractivity contribution in [2.45, 2.75) is 39.0 Å². The lowest BCUT2D eigenvalue weighted by molar-refractivity contribution is 0.0482. The number of aromatic nitrogens is 2. The van der Waals surface area contributed by atoms with Crippen molar-refractivity contribution in [2.75, 3.05) is 13.1 Å². The first kappa shape index (κ1) is 16.1. The molecule has 5 heteroatoms. The number of rotatable bonds is 1. The van der Waals surface area contributed by atoms with E-state index >= 15 is 0 Å². The number of piperidine rings is 1. The van der Waals surface area contributed by atoms with Crippen LogP contribution in [0.25, 0.3) is 5.65 Å². The molecular formula is C20H23N3O2. The maximum atomic E-state index is 13.0. The fourth-order valence-corrected chi connectivity index (χ4v) is 4.19. The van der Waals surface area contributed by atoms with Gasteiger partial charge in [-0.2, -0.15) is 0 Å². The molecule has 1 saturated heterocycles. The third-order valence-corrected chi connectivity index (χ3v) is 5.59. The standard InChI is InChI=1S/C20H23N3O2/c1-15-6-7-17-21-12-16(19(25)23(17)13-15)18(24)22-11-5-10-20(14-22)8-3-2-4-9-20/h2-3,6-7,12-13H,4-5,8-11,14H2,1H3. The number of hydrogen-bond acceptors (Lipinski definition) is 3. The van der Waals surface area contributed by atoms with Crippen LogP contribution in [0.1, 0.15) is 48.0 Å². The zero-order valence-corrected chi connectivity index (χ0v) is 14.6. The molecule has 0 aromatic carbocycles. The van der Waals surface area contributed by atoms with Crippen molar-refractivity contribution in [1.82, 2.24) is 14.3 Å². The number of allylic oxidation sites excluding steroid dienone is 2. The Bertz CT molecular complexity index is 915. The van der Waals surface area contributed by atoms with E-state index in [2.05, 4.69) is 17.1 Å². The molecule has 25 heavy (non-hydrogen) atoms. The fourth-order valence-electron chi connectivity index (χ4n) is 4.19. The smallest absolute Gasteiger partial charge is 0.270 e.